The predicted octanol–water partition coefficient (Wildman–Crippen LogP) is 43.3. The maximum Gasteiger partial charge on any atom is 0.0440 e. The van der Waals surface area contributed by atoms with Crippen molar-refractivity contribution in [2.45, 2.75) is 0 Å². The second kappa shape index (κ2) is 44.1. The van der Waals surface area contributed by atoms with Crippen molar-refractivity contribution in [3.63, 3.8) is 0 Å². The fourth-order valence-corrected chi connectivity index (χ4v) is 26.1. The molecule has 0 amide bonds. The van der Waals surface area contributed by atoms with Gasteiger partial charge in [0.2, 0.25) is 0 Å². The van der Waals surface area contributed by atoms with Crippen molar-refractivity contribution in [1.82, 2.24) is 0 Å². The van der Waals surface area contributed by atoms with E-state index in [1.165, 1.54) is 249 Å². The third-order valence-electron chi connectivity index (χ3n) is 28.0. The van der Waals surface area contributed by atoms with E-state index in [1.54, 1.807) is 0 Å². The molecule has 4 heterocycles. The molecule has 0 radical (unpaired) electrons. The van der Waals surface area contributed by atoms with Crippen molar-refractivity contribution in [2.75, 3.05) is 0 Å². The molecule has 0 N–H and O–H groups in total. The van der Waals surface area contributed by atoms with E-state index in [2.05, 4.69) is 607 Å². The normalized spacial score (nSPS) is 11.1. The van der Waals surface area contributed by atoms with Crippen LogP contribution in [0.15, 0.2) is 607 Å². The van der Waals surface area contributed by atoms with Crippen LogP contribution in [0, 0.1) is 0 Å². The molecule has 0 unspecified atom stereocenters. The summed E-state index contributed by atoms with van der Waals surface area (Å²) in [7, 11) is 0. The van der Waals surface area contributed by atoms with Gasteiger partial charge in [-0.2, -0.15) is 0 Å². The van der Waals surface area contributed by atoms with Gasteiger partial charge in [0.25, 0.3) is 0 Å². The Balaban J connectivity index is 0.000000107. The minimum Gasteiger partial charge on any atom is -0.134 e. The fraction of sp³-hybridized carbons (Fsp3) is 0. The first-order valence-electron chi connectivity index (χ1n) is 51.0. The van der Waals surface area contributed by atoms with E-state index in [0.717, 1.165) is 0 Å². The van der Waals surface area contributed by atoms with Gasteiger partial charge in [-0.25, -0.2) is 0 Å². The lowest BCUT2D eigenvalue weighted by molar-refractivity contribution is 1.59. The molecule has 0 nitrogen and oxygen atoms in total. The summed E-state index contributed by atoms with van der Waals surface area (Å²) in [5, 5.41) is 10.4. The number of hydrogen-bond donors (Lipinski definition) is 0. The van der Waals surface area contributed by atoms with Crippen molar-refractivity contribution in [2.24, 2.45) is 0 Å². The van der Waals surface area contributed by atoms with E-state index in [9.17, 15) is 0 Å². The number of thiophene rings is 4. The molecule has 4 heteroatoms. The molecule has 0 aliphatic heterocycles. The van der Waals surface area contributed by atoms with Gasteiger partial charge in [0.1, 0.15) is 0 Å². The summed E-state index contributed by atoms with van der Waals surface area (Å²) in [6, 6.07) is 218. The Kier molecular flexibility index (Phi) is 27.7. The molecular weight excluding hydrogens is 1880 g/mol. The molecule has 23 aromatic carbocycles. The highest BCUT2D eigenvalue weighted by molar-refractivity contribution is 7.22. The molecule has 150 heavy (non-hydrogen) atoms. The molecule has 0 spiro atoms. The Bertz CT molecular complexity index is 9250. The molecule has 27 rings (SSSR count). The topological polar surface area (TPSA) is 0 Å². The SMILES string of the molecule is c1ccc(-c2cccc(-c3sc(-c4c(-c5ccccc5)cccc4-c4ccccc4)c4ccccc34)c2)cc1.c1ccc(-c2cccc(-c3sc(-c4cc(-c5ccccc5)ccc4-c4ccccc4)c4ccccc34)c2)cc1.c1ccc(-c2cccc(-c3sc(-c4ccc(-c5ccccc5)cc4-c4ccccc4)c4ccccc34)c2)cc1.c1ccc(-c2cccc(-c3sc(-c4ccccc4-c4ccccc4)c4ccccc34)c2)cc1. The smallest absolute Gasteiger partial charge is 0.0440 e. The molecule has 0 fully saturated rings. The van der Waals surface area contributed by atoms with Gasteiger partial charge in [0.15, 0.2) is 0 Å². The number of fused-ring (bicyclic) bond motifs is 4. The van der Waals surface area contributed by atoms with Crippen LogP contribution < -0.4 is 0 Å². The zero-order chi connectivity index (χ0) is 100. The van der Waals surface area contributed by atoms with Gasteiger partial charge in [-0.05, 0) is 181 Å². The van der Waals surface area contributed by atoms with Crippen molar-refractivity contribution >= 4 is 88.4 Å². The van der Waals surface area contributed by atoms with Crippen LogP contribution in [-0.2, 0) is 0 Å². The fourth-order valence-electron chi connectivity index (χ4n) is 20.8. The highest BCUT2D eigenvalue weighted by atomic mass is 32.1. The van der Waals surface area contributed by atoms with Gasteiger partial charge in [0, 0.05) is 104 Å². The molecule has 708 valence electrons. The molecule has 0 aliphatic carbocycles. The van der Waals surface area contributed by atoms with E-state index < -0.39 is 0 Å². The lowest BCUT2D eigenvalue weighted by Gasteiger charge is -2.15. The second-order valence-corrected chi connectivity index (χ2v) is 41.5. The maximum atomic E-state index is 2.38. The van der Waals surface area contributed by atoms with Crippen LogP contribution in [0.1, 0.15) is 0 Å². The lowest BCUT2D eigenvalue weighted by atomic mass is 9.89. The highest BCUT2D eigenvalue weighted by Crippen LogP contribution is 2.55. The summed E-state index contributed by atoms with van der Waals surface area (Å²) in [5.74, 6) is 0. The quantitative estimate of drug-likeness (QED) is 0.0757. The highest BCUT2D eigenvalue weighted by Gasteiger charge is 2.26. The monoisotopic (exact) mass is 1980 g/mol. The Morgan fingerprint density at radius 1 is 0.0800 bits per heavy atom. The van der Waals surface area contributed by atoms with Crippen molar-refractivity contribution in [3.8, 4) is 206 Å². The molecule has 0 saturated carbocycles. The minimum absolute atomic E-state index is 1.23. The molecular formula is C146H100S4. The maximum absolute atomic E-state index is 2.38. The number of benzene rings is 23. The van der Waals surface area contributed by atoms with Gasteiger partial charge in [-0.15, -0.1) is 45.3 Å². The van der Waals surface area contributed by atoms with Gasteiger partial charge in [-0.3, -0.25) is 0 Å². The lowest BCUT2D eigenvalue weighted by Crippen LogP contribution is -1.89. The van der Waals surface area contributed by atoms with Gasteiger partial charge in [-0.1, -0.05) is 570 Å². The predicted molar refractivity (Wildman–Crippen MR) is 651 cm³/mol. The third-order valence-corrected chi connectivity index (χ3v) is 33.2. The number of hydrogen-bond acceptors (Lipinski definition) is 4. The van der Waals surface area contributed by atoms with Crippen molar-refractivity contribution < 1.29 is 0 Å². The molecule has 27 aromatic rings. The second-order valence-electron chi connectivity index (χ2n) is 37.4. The zero-order valence-electron chi connectivity index (χ0n) is 82.4. The van der Waals surface area contributed by atoms with Crippen LogP contribution in [-0.4, -0.2) is 0 Å². The van der Waals surface area contributed by atoms with Crippen molar-refractivity contribution in [1.29, 1.82) is 0 Å². The standard InChI is InChI=1S/3C38H26S.C32H22S/c1-4-14-27(15-5-1)30-20-12-21-31(26-30)37-34-22-10-11-23-35(34)38(39-37)36-32(28-16-6-2-7-17-28)24-13-25-33(36)29-18-8-3-9-19-29;1-4-13-27(14-5-1)30-19-12-20-32(25-30)37-34-21-10-11-22-35(34)38(39-37)36-26-31(28-15-6-2-7-16-28)23-24-33(36)29-17-8-3-9-18-29;1-4-13-27(14-5-1)30-19-12-20-32(25-30)37-33-21-10-11-22-34(33)38(39-37)35-24-23-31(28-15-6-2-7-16-28)26-36(35)29-17-8-3-9-18-29;1-3-12-23(13-4-1)25-16-11-17-26(22-25)31-29-20-9-10-21-30(29)32(33-31)28-19-8-7-18-27(28)24-14-5-2-6-15-24/h3*1-26H;1-22H. The van der Waals surface area contributed by atoms with E-state index in [1.807, 2.05) is 45.3 Å². The Labute approximate surface area is 893 Å². The summed E-state index contributed by atoms with van der Waals surface area (Å²) in [6.45, 7) is 0. The summed E-state index contributed by atoms with van der Waals surface area (Å²) in [4.78, 5) is 10.5. The van der Waals surface area contributed by atoms with E-state index in [4.69, 9.17) is 0 Å². The van der Waals surface area contributed by atoms with Crippen LogP contribution in [0.4, 0.5) is 0 Å². The summed E-state index contributed by atoms with van der Waals surface area (Å²) in [5.41, 5.74) is 37.5. The van der Waals surface area contributed by atoms with Crippen LogP contribution >= 0.6 is 45.3 Å². The molecule has 0 bridgehead atoms. The molecule has 0 aliphatic rings. The van der Waals surface area contributed by atoms with Crippen LogP contribution in [0.25, 0.3) is 249 Å². The summed E-state index contributed by atoms with van der Waals surface area (Å²) in [6.07, 6.45) is 0. The Morgan fingerprint density at radius 3 is 0.540 bits per heavy atom. The summed E-state index contributed by atoms with van der Waals surface area (Å²) >= 11 is 7.58. The average molecular weight is 1980 g/mol. The minimum atomic E-state index is 1.23. The van der Waals surface area contributed by atoms with Crippen LogP contribution in [0.2, 0.25) is 0 Å². The average Bonchev–Trinajstić information content (AvgIpc) is 1.60. The van der Waals surface area contributed by atoms with Gasteiger partial charge in [0.05, 0.1) is 0 Å². The van der Waals surface area contributed by atoms with Gasteiger partial charge < -0.3 is 0 Å². The Hall–Kier alpha value is -18.1. The van der Waals surface area contributed by atoms with Gasteiger partial charge >= 0.3 is 0 Å². The summed E-state index contributed by atoms with van der Waals surface area (Å²) < 4.78 is 0. The zero-order valence-corrected chi connectivity index (χ0v) is 85.6. The largest absolute Gasteiger partial charge is 0.134 e. The van der Waals surface area contributed by atoms with Crippen LogP contribution in [0.3, 0.4) is 0 Å². The van der Waals surface area contributed by atoms with Crippen LogP contribution in [0.5, 0.6) is 0 Å². The third kappa shape index (κ3) is 20.0. The molecule has 0 atom stereocenters. The van der Waals surface area contributed by atoms with E-state index >= 15 is 0 Å². The number of rotatable bonds is 19. The Morgan fingerprint density at radius 2 is 0.247 bits per heavy atom. The van der Waals surface area contributed by atoms with Crippen molar-refractivity contribution in [3.05, 3.63) is 607 Å². The first-order valence-corrected chi connectivity index (χ1v) is 54.3. The molecule has 0 saturated heterocycles. The van der Waals surface area contributed by atoms with E-state index in [-0.39, 0.29) is 0 Å². The van der Waals surface area contributed by atoms with E-state index in [0.29, 0.717) is 0 Å². The molecule has 4 aromatic heterocycles. The first kappa shape index (κ1) is 94.2. The first-order chi connectivity index (χ1) is 74.4.